The molecule has 1 aliphatic rings. The Bertz CT molecular complexity index is 1180. The van der Waals surface area contributed by atoms with Gasteiger partial charge in [0.2, 0.25) is 0 Å². The van der Waals surface area contributed by atoms with Crippen molar-refractivity contribution in [1.29, 1.82) is 0 Å². The van der Waals surface area contributed by atoms with Gasteiger partial charge in [-0.3, -0.25) is 9.59 Å². The lowest BCUT2D eigenvalue weighted by Crippen LogP contribution is -2.39. The lowest BCUT2D eigenvalue weighted by molar-refractivity contribution is -0.126. The Kier molecular flexibility index (Phi) is 5.35. The van der Waals surface area contributed by atoms with Crippen LogP contribution >= 0.6 is 0 Å². The van der Waals surface area contributed by atoms with Gasteiger partial charge in [0.25, 0.3) is 11.5 Å². The van der Waals surface area contributed by atoms with Crippen molar-refractivity contribution >= 4 is 28.3 Å². The molecule has 0 saturated heterocycles. The number of esters is 1. The summed E-state index contributed by atoms with van der Waals surface area (Å²) >= 11 is 0. The van der Waals surface area contributed by atoms with E-state index >= 15 is 0 Å². The van der Waals surface area contributed by atoms with Crippen LogP contribution in [0, 0.1) is 0 Å². The first-order valence-corrected chi connectivity index (χ1v) is 10.1. The molecule has 0 unspecified atom stereocenters. The van der Waals surface area contributed by atoms with E-state index < -0.39 is 12.1 Å². The minimum absolute atomic E-state index is 0.0418. The number of carbonyl (C=O) groups excluding carboxylic acids is 2. The Morgan fingerprint density at radius 2 is 1.80 bits per heavy atom. The number of hydrogen-bond acceptors (Lipinski definition) is 5. The van der Waals surface area contributed by atoms with E-state index in [-0.39, 0.29) is 17.2 Å². The van der Waals surface area contributed by atoms with Crippen LogP contribution in [0.5, 0.6) is 0 Å². The van der Waals surface area contributed by atoms with Crippen LogP contribution in [0.25, 0.3) is 10.8 Å². The van der Waals surface area contributed by atoms with Gasteiger partial charge in [0.05, 0.1) is 5.39 Å². The van der Waals surface area contributed by atoms with Gasteiger partial charge in [-0.15, -0.1) is 0 Å². The second-order valence-corrected chi connectivity index (χ2v) is 7.34. The lowest BCUT2D eigenvalue weighted by Gasteiger charge is -2.21. The minimum Gasteiger partial charge on any atom is -0.448 e. The predicted octanol–water partition coefficient (Wildman–Crippen LogP) is 2.94. The van der Waals surface area contributed by atoms with Gasteiger partial charge < -0.3 is 9.64 Å². The van der Waals surface area contributed by atoms with Gasteiger partial charge in [-0.1, -0.05) is 43.3 Å². The standard InChI is InChI=1S/C23H23N3O4/c1-3-13-26-22(28)18-10-6-5-9-17(18)20(24-26)23(29)30-15(2)21(27)25-14-12-16-8-4-7-11-19(16)25/h4-11,15H,3,12-14H2,1-2H3/t15-/m1/s1. The molecule has 154 valence electrons. The number of aryl methyl sites for hydroxylation is 1. The number of rotatable bonds is 5. The van der Waals surface area contributed by atoms with E-state index in [0.29, 0.717) is 30.3 Å². The van der Waals surface area contributed by atoms with Crippen molar-refractivity contribution < 1.29 is 14.3 Å². The highest BCUT2D eigenvalue weighted by Crippen LogP contribution is 2.28. The van der Waals surface area contributed by atoms with Gasteiger partial charge in [0, 0.05) is 24.2 Å². The Hall–Kier alpha value is -3.48. The molecule has 3 aromatic rings. The number of nitrogens with zero attached hydrogens (tertiary/aromatic N) is 3. The normalized spacial score (nSPS) is 13.9. The number of hydrogen-bond donors (Lipinski definition) is 0. The number of ether oxygens (including phenoxy) is 1. The van der Waals surface area contributed by atoms with E-state index in [1.807, 2.05) is 31.2 Å². The smallest absolute Gasteiger partial charge is 0.360 e. The largest absolute Gasteiger partial charge is 0.448 e. The third-order valence-electron chi connectivity index (χ3n) is 5.28. The molecule has 1 aromatic heterocycles. The summed E-state index contributed by atoms with van der Waals surface area (Å²) in [4.78, 5) is 40.1. The quantitative estimate of drug-likeness (QED) is 0.610. The number of aromatic nitrogens is 2. The number of benzene rings is 2. The average Bonchev–Trinajstić information content (AvgIpc) is 3.19. The summed E-state index contributed by atoms with van der Waals surface area (Å²) in [5.74, 6) is -0.996. The van der Waals surface area contributed by atoms with Crippen molar-refractivity contribution in [3.05, 3.63) is 70.1 Å². The van der Waals surface area contributed by atoms with Gasteiger partial charge in [-0.25, -0.2) is 9.48 Å². The minimum atomic E-state index is -0.976. The van der Waals surface area contributed by atoms with Gasteiger partial charge >= 0.3 is 5.97 Å². The second-order valence-electron chi connectivity index (χ2n) is 7.34. The molecule has 7 heteroatoms. The molecule has 0 spiro atoms. The molecule has 7 nitrogen and oxygen atoms in total. The van der Waals surface area contributed by atoms with Crippen LogP contribution in [-0.2, 0) is 22.5 Å². The molecule has 0 radical (unpaired) electrons. The van der Waals surface area contributed by atoms with Crippen LogP contribution in [0.3, 0.4) is 0 Å². The number of fused-ring (bicyclic) bond motifs is 2. The monoisotopic (exact) mass is 405 g/mol. The SMILES string of the molecule is CCCn1nc(C(=O)O[C@H](C)C(=O)N2CCc3ccccc32)c2ccccc2c1=O. The molecule has 30 heavy (non-hydrogen) atoms. The summed E-state index contributed by atoms with van der Waals surface area (Å²) in [6, 6.07) is 14.5. The molecule has 1 amide bonds. The Morgan fingerprint density at radius 3 is 2.57 bits per heavy atom. The van der Waals surface area contributed by atoms with Crippen LogP contribution in [0.15, 0.2) is 53.3 Å². The number of carbonyl (C=O) groups is 2. The summed E-state index contributed by atoms with van der Waals surface area (Å²) in [6.07, 6.45) is 0.496. The molecule has 1 atom stereocenters. The van der Waals surface area contributed by atoms with E-state index in [4.69, 9.17) is 4.74 Å². The summed E-state index contributed by atoms with van der Waals surface area (Å²) in [7, 11) is 0. The van der Waals surface area contributed by atoms with Crippen molar-refractivity contribution in [2.75, 3.05) is 11.4 Å². The summed E-state index contributed by atoms with van der Waals surface area (Å²) in [5.41, 5.74) is 1.75. The van der Waals surface area contributed by atoms with E-state index in [0.717, 1.165) is 17.7 Å². The summed E-state index contributed by atoms with van der Waals surface area (Å²) in [5, 5.41) is 5.07. The first-order valence-electron chi connectivity index (χ1n) is 10.1. The number of anilines is 1. The zero-order chi connectivity index (χ0) is 21.3. The topological polar surface area (TPSA) is 81.5 Å². The zero-order valence-corrected chi connectivity index (χ0v) is 17.0. The molecule has 4 rings (SSSR count). The Balaban J connectivity index is 1.61. The highest BCUT2D eigenvalue weighted by molar-refractivity contribution is 6.04. The van der Waals surface area contributed by atoms with Gasteiger partial charge in [0.1, 0.15) is 0 Å². The third kappa shape index (κ3) is 3.47. The highest BCUT2D eigenvalue weighted by Gasteiger charge is 2.30. The lowest BCUT2D eigenvalue weighted by atomic mass is 10.1. The van der Waals surface area contributed by atoms with Crippen molar-refractivity contribution in [2.45, 2.75) is 39.3 Å². The van der Waals surface area contributed by atoms with Crippen molar-refractivity contribution in [3.8, 4) is 0 Å². The van der Waals surface area contributed by atoms with Crippen LogP contribution < -0.4 is 10.5 Å². The molecule has 2 aromatic carbocycles. The molecule has 0 N–H and O–H groups in total. The molecular weight excluding hydrogens is 382 g/mol. The van der Waals surface area contributed by atoms with Crippen molar-refractivity contribution in [2.24, 2.45) is 0 Å². The number of amides is 1. The molecule has 0 bridgehead atoms. The van der Waals surface area contributed by atoms with Crippen LogP contribution in [-0.4, -0.2) is 34.3 Å². The third-order valence-corrected chi connectivity index (χ3v) is 5.28. The maximum absolute atomic E-state index is 12.9. The molecular formula is C23H23N3O4. The first-order chi connectivity index (χ1) is 14.5. The Labute approximate surface area is 173 Å². The molecule has 0 saturated carbocycles. The fourth-order valence-corrected chi connectivity index (χ4v) is 3.80. The average molecular weight is 405 g/mol. The van der Waals surface area contributed by atoms with Gasteiger partial charge in [-0.2, -0.15) is 5.10 Å². The maximum Gasteiger partial charge on any atom is 0.360 e. The summed E-state index contributed by atoms with van der Waals surface area (Å²) < 4.78 is 6.78. The highest BCUT2D eigenvalue weighted by atomic mass is 16.5. The van der Waals surface area contributed by atoms with E-state index in [9.17, 15) is 14.4 Å². The van der Waals surface area contributed by atoms with Crippen LogP contribution in [0.2, 0.25) is 0 Å². The molecule has 2 heterocycles. The van der Waals surface area contributed by atoms with E-state index in [1.165, 1.54) is 4.68 Å². The fourth-order valence-electron chi connectivity index (χ4n) is 3.80. The fraction of sp³-hybridized carbons (Fsp3) is 0.304. The molecule has 0 aliphatic carbocycles. The predicted molar refractivity (Wildman–Crippen MR) is 114 cm³/mol. The maximum atomic E-state index is 12.9. The molecule has 0 fully saturated rings. The van der Waals surface area contributed by atoms with Gasteiger partial charge in [-0.05, 0) is 37.5 Å². The zero-order valence-electron chi connectivity index (χ0n) is 17.0. The van der Waals surface area contributed by atoms with Crippen molar-refractivity contribution in [3.63, 3.8) is 0 Å². The van der Waals surface area contributed by atoms with Crippen LogP contribution in [0.1, 0.15) is 36.3 Å². The van der Waals surface area contributed by atoms with Crippen molar-refractivity contribution in [1.82, 2.24) is 9.78 Å². The Morgan fingerprint density at radius 1 is 1.10 bits per heavy atom. The van der Waals surface area contributed by atoms with Crippen LogP contribution in [0.4, 0.5) is 5.69 Å². The van der Waals surface area contributed by atoms with E-state index in [2.05, 4.69) is 5.10 Å². The van der Waals surface area contributed by atoms with Gasteiger partial charge in [0.15, 0.2) is 11.8 Å². The summed E-state index contributed by atoms with van der Waals surface area (Å²) in [6.45, 7) is 4.44. The number of para-hydroxylation sites is 1. The first kappa shape index (κ1) is 19.8. The second kappa shape index (κ2) is 8.10. The molecule has 1 aliphatic heterocycles. The van der Waals surface area contributed by atoms with E-state index in [1.54, 1.807) is 36.1 Å².